The molecule has 0 radical (unpaired) electrons. The van der Waals surface area contributed by atoms with E-state index in [9.17, 15) is 9.59 Å². The number of aryl methyl sites for hydroxylation is 1. The monoisotopic (exact) mass is 493 g/mol. The molecule has 1 aliphatic heterocycles. The van der Waals surface area contributed by atoms with Gasteiger partial charge in [-0.25, -0.2) is 0 Å². The highest BCUT2D eigenvalue weighted by atomic mass is 16.5. The van der Waals surface area contributed by atoms with E-state index in [2.05, 4.69) is 29.4 Å². The van der Waals surface area contributed by atoms with Crippen molar-refractivity contribution in [1.82, 2.24) is 5.32 Å². The molecule has 0 atom stereocenters. The predicted molar refractivity (Wildman–Crippen MR) is 148 cm³/mol. The third-order valence-electron chi connectivity index (χ3n) is 6.86. The summed E-state index contributed by atoms with van der Waals surface area (Å²) < 4.78 is 5.38. The van der Waals surface area contributed by atoms with Gasteiger partial charge in [-0.05, 0) is 80.8 Å². The third-order valence-corrected chi connectivity index (χ3v) is 6.86. The van der Waals surface area contributed by atoms with Gasteiger partial charge >= 0.3 is 0 Å². The van der Waals surface area contributed by atoms with Crippen LogP contribution < -0.4 is 15.5 Å². The fraction of sp³-hybridized carbons (Fsp3) is 0.533. The molecule has 2 aromatic rings. The normalized spacial score (nSPS) is 14.0. The average molecular weight is 494 g/mol. The van der Waals surface area contributed by atoms with Crippen LogP contribution in [0.25, 0.3) is 0 Å². The highest BCUT2D eigenvalue weighted by molar-refractivity contribution is 6.06. The Bertz CT molecular complexity index is 966. The second kappa shape index (κ2) is 14.6. The number of hydrogen-bond donors (Lipinski definition) is 2. The summed E-state index contributed by atoms with van der Waals surface area (Å²) in [5, 5.41) is 6.02. The van der Waals surface area contributed by atoms with Gasteiger partial charge in [0, 0.05) is 49.8 Å². The van der Waals surface area contributed by atoms with Crippen LogP contribution in [-0.2, 0) is 11.2 Å². The summed E-state index contributed by atoms with van der Waals surface area (Å²) in [6.45, 7) is 10.2. The summed E-state index contributed by atoms with van der Waals surface area (Å²) in [5.41, 5.74) is 4.03. The van der Waals surface area contributed by atoms with E-state index in [4.69, 9.17) is 4.74 Å². The van der Waals surface area contributed by atoms with Gasteiger partial charge in [-0.3, -0.25) is 9.59 Å². The van der Waals surface area contributed by atoms with Gasteiger partial charge in [0.15, 0.2) is 0 Å². The second-order valence-electron chi connectivity index (χ2n) is 9.82. The van der Waals surface area contributed by atoms with E-state index >= 15 is 0 Å². The quantitative estimate of drug-likeness (QED) is 0.333. The van der Waals surface area contributed by atoms with Crippen LogP contribution in [0.1, 0.15) is 85.6 Å². The highest BCUT2D eigenvalue weighted by Crippen LogP contribution is 2.29. The van der Waals surface area contributed by atoms with Crippen LogP contribution in [0, 0.1) is 5.92 Å². The van der Waals surface area contributed by atoms with E-state index in [0.717, 1.165) is 44.5 Å². The van der Waals surface area contributed by atoms with E-state index < -0.39 is 0 Å². The first kappa shape index (κ1) is 27.7. The lowest BCUT2D eigenvalue weighted by Gasteiger charge is -2.33. The summed E-state index contributed by atoms with van der Waals surface area (Å²) in [4.78, 5) is 28.4. The minimum Gasteiger partial charge on any atom is -0.382 e. The number of benzene rings is 2. The second-order valence-corrected chi connectivity index (χ2v) is 9.82. The number of piperidine rings is 1. The summed E-state index contributed by atoms with van der Waals surface area (Å²) >= 11 is 0. The SMILES string of the molecule is CCCCCc1ccc(C(=O)Nc2ccc(N3CCC(C)CC3)c(C(=O)NCCCOCC)c2)cc1. The number of carbonyl (C=O) groups excluding carboxylic acids is 2. The first-order chi connectivity index (χ1) is 17.5. The molecule has 6 nitrogen and oxygen atoms in total. The Morgan fingerprint density at radius 2 is 1.72 bits per heavy atom. The summed E-state index contributed by atoms with van der Waals surface area (Å²) in [6, 6.07) is 13.5. The molecule has 2 N–H and O–H groups in total. The molecule has 1 saturated heterocycles. The Morgan fingerprint density at radius 3 is 2.42 bits per heavy atom. The van der Waals surface area contributed by atoms with E-state index in [0.29, 0.717) is 42.5 Å². The molecule has 0 unspecified atom stereocenters. The van der Waals surface area contributed by atoms with Crippen LogP contribution in [0.5, 0.6) is 0 Å². The zero-order valence-electron chi connectivity index (χ0n) is 22.3. The van der Waals surface area contributed by atoms with Crippen LogP contribution in [0.15, 0.2) is 42.5 Å². The third kappa shape index (κ3) is 8.37. The van der Waals surface area contributed by atoms with Gasteiger partial charge in [0.25, 0.3) is 11.8 Å². The number of anilines is 2. The van der Waals surface area contributed by atoms with Crippen molar-refractivity contribution in [3.05, 3.63) is 59.2 Å². The molecule has 1 fully saturated rings. The lowest BCUT2D eigenvalue weighted by Crippen LogP contribution is -2.35. The Labute approximate surface area is 216 Å². The van der Waals surface area contributed by atoms with E-state index in [1.165, 1.54) is 24.8 Å². The molecule has 6 heteroatoms. The van der Waals surface area contributed by atoms with Crippen molar-refractivity contribution in [3.8, 4) is 0 Å². The number of amides is 2. The minimum absolute atomic E-state index is 0.118. The lowest BCUT2D eigenvalue weighted by molar-refractivity contribution is 0.0943. The molecule has 0 saturated carbocycles. The molecule has 0 aliphatic carbocycles. The lowest BCUT2D eigenvalue weighted by atomic mass is 9.97. The van der Waals surface area contributed by atoms with Gasteiger partial charge in [0.2, 0.25) is 0 Å². The van der Waals surface area contributed by atoms with Gasteiger partial charge in [-0.1, -0.05) is 38.8 Å². The zero-order chi connectivity index (χ0) is 25.8. The van der Waals surface area contributed by atoms with Gasteiger partial charge in [-0.15, -0.1) is 0 Å². The van der Waals surface area contributed by atoms with E-state index in [1.807, 2.05) is 49.4 Å². The molecule has 1 aliphatic rings. The predicted octanol–water partition coefficient (Wildman–Crippen LogP) is 6.06. The molecule has 3 rings (SSSR count). The number of carbonyl (C=O) groups is 2. The van der Waals surface area contributed by atoms with Crippen molar-refractivity contribution in [2.75, 3.05) is 43.1 Å². The molecule has 1 heterocycles. The van der Waals surface area contributed by atoms with Crippen molar-refractivity contribution in [1.29, 1.82) is 0 Å². The Balaban J connectivity index is 1.71. The summed E-state index contributed by atoms with van der Waals surface area (Å²) in [6.07, 6.45) is 7.61. The molecule has 2 amide bonds. The standard InChI is InChI=1S/C30H43N3O3/c1-4-6-7-9-24-10-12-25(13-11-24)29(34)32-26-14-15-28(33-19-16-23(3)17-20-33)27(22-26)30(35)31-18-8-21-36-5-2/h10-15,22-23H,4-9,16-21H2,1-3H3,(H,31,35)(H,32,34). The van der Waals surface area contributed by atoms with Gasteiger partial charge in [0.05, 0.1) is 5.56 Å². The number of unbranched alkanes of at least 4 members (excludes halogenated alkanes) is 2. The fourth-order valence-corrected chi connectivity index (χ4v) is 4.54. The molecule has 0 aromatic heterocycles. The Morgan fingerprint density at radius 1 is 0.972 bits per heavy atom. The fourth-order valence-electron chi connectivity index (χ4n) is 4.54. The molecule has 2 aromatic carbocycles. The molecule has 0 bridgehead atoms. The van der Waals surface area contributed by atoms with Crippen molar-refractivity contribution in [2.45, 2.75) is 65.7 Å². The molecular weight excluding hydrogens is 450 g/mol. The van der Waals surface area contributed by atoms with Gasteiger partial charge < -0.3 is 20.3 Å². The maximum atomic E-state index is 13.2. The number of hydrogen-bond acceptors (Lipinski definition) is 4. The van der Waals surface area contributed by atoms with E-state index in [1.54, 1.807) is 0 Å². The van der Waals surface area contributed by atoms with Crippen LogP contribution in [0.4, 0.5) is 11.4 Å². The minimum atomic E-state index is -0.169. The summed E-state index contributed by atoms with van der Waals surface area (Å²) in [5.74, 6) is 0.416. The molecule has 36 heavy (non-hydrogen) atoms. The van der Waals surface area contributed by atoms with Crippen LogP contribution in [0.3, 0.4) is 0 Å². The average Bonchev–Trinajstić information content (AvgIpc) is 2.89. The van der Waals surface area contributed by atoms with Crippen molar-refractivity contribution in [3.63, 3.8) is 0 Å². The van der Waals surface area contributed by atoms with Crippen LogP contribution >= 0.6 is 0 Å². The number of rotatable bonds is 13. The summed E-state index contributed by atoms with van der Waals surface area (Å²) in [7, 11) is 0. The number of nitrogens with zero attached hydrogens (tertiary/aromatic N) is 1. The van der Waals surface area contributed by atoms with Crippen molar-refractivity contribution in [2.24, 2.45) is 5.92 Å². The first-order valence-electron chi connectivity index (χ1n) is 13.7. The number of nitrogens with one attached hydrogen (secondary N) is 2. The van der Waals surface area contributed by atoms with Crippen molar-refractivity contribution >= 4 is 23.2 Å². The largest absolute Gasteiger partial charge is 0.382 e. The maximum Gasteiger partial charge on any atom is 0.255 e. The molecule has 196 valence electrons. The topological polar surface area (TPSA) is 70.7 Å². The smallest absolute Gasteiger partial charge is 0.255 e. The van der Waals surface area contributed by atoms with Crippen molar-refractivity contribution < 1.29 is 14.3 Å². The van der Waals surface area contributed by atoms with Crippen LogP contribution in [0.2, 0.25) is 0 Å². The number of ether oxygens (including phenoxy) is 1. The van der Waals surface area contributed by atoms with Crippen LogP contribution in [-0.4, -0.2) is 44.7 Å². The highest BCUT2D eigenvalue weighted by Gasteiger charge is 2.22. The maximum absolute atomic E-state index is 13.2. The van der Waals surface area contributed by atoms with E-state index in [-0.39, 0.29) is 11.8 Å². The Hall–Kier alpha value is -2.86. The Kier molecular flexibility index (Phi) is 11.3. The molecule has 0 spiro atoms. The van der Waals surface area contributed by atoms with Gasteiger partial charge in [0.1, 0.15) is 0 Å². The first-order valence-corrected chi connectivity index (χ1v) is 13.7. The van der Waals surface area contributed by atoms with Gasteiger partial charge in [-0.2, -0.15) is 0 Å². The molecular formula is C30H43N3O3. The zero-order valence-corrected chi connectivity index (χ0v) is 22.3.